The van der Waals surface area contributed by atoms with Crippen LogP contribution in [0.5, 0.6) is 0 Å². The summed E-state index contributed by atoms with van der Waals surface area (Å²) in [5, 5.41) is 14.5. The van der Waals surface area contributed by atoms with Gasteiger partial charge in [0.05, 0.1) is 0 Å². The van der Waals surface area contributed by atoms with E-state index in [1.54, 1.807) is 12.4 Å². The van der Waals surface area contributed by atoms with Crippen molar-refractivity contribution in [3.8, 4) is 0 Å². The molecule has 0 bridgehead atoms. The van der Waals surface area contributed by atoms with Crippen LogP contribution >= 0.6 is 0 Å². The van der Waals surface area contributed by atoms with Crippen LogP contribution in [0.15, 0.2) is 36.7 Å². The molecule has 0 aromatic carbocycles. The van der Waals surface area contributed by atoms with Gasteiger partial charge in [-0.1, -0.05) is 6.07 Å². The number of nitrogens with one attached hydrogen (secondary N) is 3. The summed E-state index contributed by atoms with van der Waals surface area (Å²) in [6.45, 7) is 3.83. The molecule has 28 heavy (non-hydrogen) atoms. The third-order valence-electron chi connectivity index (χ3n) is 4.87. The maximum absolute atomic E-state index is 11.8. The SMILES string of the molecule is CC(C)NC(=O)O[C@@H]1CC[C@H](c2cc(Nc3nccc4cccnc34)n[nH]2)C1. The molecule has 1 amide bonds. The van der Waals surface area contributed by atoms with E-state index in [0.717, 1.165) is 35.9 Å². The van der Waals surface area contributed by atoms with Gasteiger partial charge >= 0.3 is 6.09 Å². The van der Waals surface area contributed by atoms with Gasteiger partial charge in [-0.3, -0.25) is 10.1 Å². The Morgan fingerprint density at radius 3 is 3.00 bits per heavy atom. The summed E-state index contributed by atoms with van der Waals surface area (Å²) in [7, 11) is 0. The molecule has 0 saturated heterocycles. The van der Waals surface area contributed by atoms with Crippen LogP contribution in [0, 0.1) is 0 Å². The van der Waals surface area contributed by atoms with Crippen molar-refractivity contribution in [2.45, 2.75) is 51.2 Å². The van der Waals surface area contributed by atoms with Gasteiger partial charge in [-0.15, -0.1) is 0 Å². The number of nitrogens with zero attached hydrogens (tertiary/aromatic N) is 3. The van der Waals surface area contributed by atoms with Gasteiger partial charge in [-0.05, 0) is 45.2 Å². The molecule has 3 aromatic rings. The van der Waals surface area contributed by atoms with Gasteiger partial charge in [-0.25, -0.2) is 9.78 Å². The number of carbonyl (C=O) groups is 1. The van der Waals surface area contributed by atoms with Crippen molar-refractivity contribution >= 4 is 28.6 Å². The summed E-state index contributed by atoms with van der Waals surface area (Å²) >= 11 is 0. The lowest BCUT2D eigenvalue weighted by atomic mass is 10.0. The molecule has 8 heteroatoms. The number of alkyl carbamates (subject to hydrolysis) is 1. The van der Waals surface area contributed by atoms with Crippen LogP contribution < -0.4 is 10.6 Å². The highest BCUT2D eigenvalue weighted by Crippen LogP contribution is 2.36. The first-order valence-corrected chi connectivity index (χ1v) is 9.57. The molecule has 2 atom stereocenters. The molecular formula is C20H24N6O2. The van der Waals surface area contributed by atoms with Gasteiger partial charge < -0.3 is 15.4 Å². The predicted octanol–water partition coefficient (Wildman–Crippen LogP) is 3.87. The Kier molecular flexibility index (Phi) is 5.10. The van der Waals surface area contributed by atoms with Crippen LogP contribution in [0.1, 0.15) is 44.7 Å². The molecule has 1 fully saturated rings. The summed E-state index contributed by atoms with van der Waals surface area (Å²) < 4.78 is 5.51. The van der Waals surface area contributed by atoms with E-state index in [1.165, 1.54) is 0 Å². The fourth-order valence-electron chi connectivity index (χ4n) is 3.58. The van der Waals surface area contributed by atoms with Gasteiger partial charge in [0.25, 0.3) is 0 Å². The topological polar surface area (TPSA) is 105 Å². The molecule has 146 valence electrons. The van der Waals surface area contributed by atoms with Crippen LogP contribution in [0.3, 0.4) is 0 Å². The Hall–Kier alpha value is -3.16. The number of rotatable bonds is 5. The Morgan fingerprint density at radius 2 is 2.14 bits per heavy atom. The third kappa shape index (κ3) is 4.05. The average Bonchev–Trinajstić information content (AvgIpc) is 3.31. The Morgan fingerprint density at radius 1 is 1.25 bits per heavy atom. The molecule has 1 aliphatic rings. The third-order valence-corrected chi connectivity index (χ3v) is 4.87. The number of hydrogen-bond donors (Lipinski definition) is 3. The molecule has 0 spiro atoms. The van der Waals surface area contributed by atoms with Crippen LogP contribution in [0.4, 0.5) is 16.4 Å². The van der Waals surface area contributed by atoms with Crippen molar-refractivity contribution in [3.05, 3.63) is 42.4 Å². The summed E-state index contributed by atoms with van der Waals surface area (Å²) in [5.74, 6) is 1.66. The van der Waals surface area contributed by atoms with Crippen molar-refractivity contribution in [1.82, 2.24) is 25.5 Å². The number of amides is 1. The fraction of sp³-hybridized carbons (Fsp3) is 0.400. The van der Waals surface area contributed by atoms with Gasteiger partial charge in [0.2, 0.25) is 0 Å². The minimum Gasteiger partial charge on any atom is -0.446 e. The van der Waals surface area contributed by atoms with Gasteiger partial charge in [0.15, 0.2) is 11.6 Å². The van der Waals surface area contributed by atoms with E-state index >= 15 is 0 Å². The predicted molar refractivity (Wildman–Crippen MR) is 107 cm³/mol. The zero-order chi connectivity index (χ0) is 19.5. The van der Waals surface area contributed by atoms with Crippen LogP contribution in [0.25, 0.3) is 10.9 Å². The number of aromatic nitrogens is 4. The quantitative estimate of drug-likeness (QED) is 0.621. The van der Waals surface area contributed by atoms with Crippen molar-refractivity contribution in [2.24, 2.45) is 0 Å². The molecule has 4 rings (SSSR count). The second-order valence-electron chi connectivity index (χ2n) is 7.40. The van der Waals surface area contributed by atoms with Crippen molar-refractivity contribution in [2.75, 3.05) is 5.32 Å². The zero-order valence-electron chi connectivity index (χ0n) is 16.0. The summed E-state index contributed by atoms with van der Waals surface area (Å²) in [6, 6.07) is 7.89. The maximum Gasteiger partial charge on any atom is 0.407 e. The summed E-state index contributed by atoms with van der Waals surface area (Å²) in [5.41, 5.74) is 1.84. The average molecular weight is 380 g/mol. The van der Waals surface area contributed by atoms with Gasteiger partial charge in [0.1, 0.15) is 11.6 Å². The van der Waals surface area contributed by atoms with E-state index in [9.17, 15) is 4.79 Å². The van der Waals surface area contributed by atoms with Crippen LogP contribution in [-0.2, 0) is 4.74 Å². The first kappa shape index (κ1) is 18.2. The number of fused-ring (bicyclic) bond motifs is 1. The first-order chi connectivity index (χ1) is 13.6. The smallest absolute Gasteiger partial charge is 0.407 e. The number of pyridine rings is 2. The van der Waals surface area contributed by atoms with E-state index < -0.39 is 0 Å². The highest BCUT2D eigenvalue weighted by Gasteiger charge is 2.30. The second kappa shape index (κ2) is 7.84. The highest BCUT2D eigenvalue weighted by atomic mass is 16.6. The number of hydrogen-bond acceptors (Lipinski definition) is 6. The normalized spacial score (nSPS) is 19.1. The first-order valence-electron chi connectivity index (χ1n) is 9.57. The second-order valence-corrected chi connectivity index (χ2v) is 7.40. The molecular weight excluding hydrogens is 356 g/mol. The zero-order valence-corrected chi connectivity index (χ0v) is 16.0. The van der Waals surface area contributed by atoms with Crippen LogP contribution in [0.2, 0.25) is 0 Å². The molecule has 1 aliphatic carbocycles. The van der Waals surface area contributed by atoms with Crippen LogP contribution in [-0.4, -0.2) is 38.4 Å². The van der Waals surface area contributed by atoms with E-state index in [0.29, 0.717) is 17.6 Å². The molecule has 0 aliphatic heterocycles. The largest absolute Gasteiger partial charge is 0.446 e. The lowest BCUT2D eigenvalue weighted by Crippen LogP contribution is -2.33. The van der Waals surface area contributed by atoms with E-state index in [1.807, 2.05) is 38.1 Å². The Labute approximate surface area is 163 Å². The monoisotopic (exact) mass is 380 g/mol. The van der Waals surface area contributed by atoms with Crippen molar-refractivity contribution in [1.29, 1.82) is 0 Å². The number of aromatic amines is 1. The van der Waals surface area contributed by atoms with Gasteiger partial charge in [-0.2, -0.15) is 5.10 Å². The van der Waals surface area contributed by atoms with Crippen molar-refractivity contribution in [3.63, 3.8) is 0 Å². The van der Waals surface area contributed by atoms with E-state index in [2.05, 4.69) is 30.8 Å². The summed E-state index contributed by atoms with van der Waals surface area (Å²) in [4.78, 5) is 20.6. The Balaban J connectivity index is 1.40. The lowest BCUT2D eigenvalue weighted by Gasteiger charge is -2.14. The standard InChI is InChI=1S/C20H24N6O2/c1-12(2)23-20(27)28-15-6-5-14(10-15)16-11-17(26-25-16)24-19-18-13(7-9-22-19)4-3-8-21-18/h3-4,7-9,11-12,14-15H,5-6,10H2,1-2H3,(H,23,27)(H2,22,24,25,26)/t14-,15+/m0/s1. The van der Waals surface area contributed by atoms with Gasteiger partial charge in [0, 0.05) is 41.5 Å². The number of carbonyl (C=O) groups excluding carboxylic acids is 1. The molecule has 0 unspecified atom stereocenters. The van der Waals surface area contributed by atoms with E-state index in [4.69, 9.17) is 4.74 Å². The van der Waals surface area contributed by atoms with E-state index in [-0.39, 0.29) is 18.2 Å². The highest BCUT2D eigenvalue weighted by molar-refractivity contribution is 5.89. The number of H-pyrrole nitrogens is 1. The lowest BCUT2D eigenvalue weighted by molar-refractivity contribution is 0.0981. The Bertz CT molecular complexity index is 965. The molecule has 3 aromatic heterocycles. The maximum atomic E-state index is 11.8. The molecule has 3 heterocycles. The fourth-order valence-corrected chi connectivity index (χ4v) is 3.58. The summed E-state index contributed by atoms with van der Waals surface area (Å²) in [6.07, 6.45) is 5.69. The molecule has 3 N–H and O–H groups in total. The minimum absolute atomic E-state index is 0.0626. The number of ether oxygens (including phenoxy) is 1. The molecule has 0 radical (unpaired) electrons. The molecule has 1 saturated carbocycles. The van der Waals surface area contributed by atoms with Crippen molar-refractivity contribution < 1.29 is 9.53 Å². The molecule has 8 nitrogen and oxygen atoms in total. The number of anilines is 2. The minimum atomic E-state index is -0.345.